The van der Waals surface area contributed by atoms with Crippen LogP contribution >= 0.6 is 0 Å². The van der Waals surface area contributed by atoms with Crippen LogP contribution in [0.4, 0.5) is 26.3 Å². The number of hydrogen-bond acceptors (Lipinski definition) is 4. The molecule has 4 nitrogen and oxygen atoms in total. The summed E-state index contributed by atoms with van der Waals surface area (Å²) < 4.78 is 71.9. The number of esters is 1. The first-order chi connectivity index (χ1) is 6.46. The average molecular weight is 242 g/mol. The lowest BCUT2D eigenvalue weighted by atomic mass is 10.3. The maximum absolute atomic E-state index is 11.6. The molecular formula is C5H4F6O4. The van der Waals surface area contributed by atoms with Gasteiger partial charge in [0, 0.05) is 0 Å². The van der Waals surface area contributed by atoms with Crippen molar-refractivity contribution in [3.63, 3.8) is 0 Å². The average Bonchev–Trinajstić information content (AvgIpc) is 1.99. The van der Waals surface area contributed by atoms with Crippen LogP contribution in [0.5, 0.6) is 0 Å². The molecule has 0 saturated carbocycles. The molecular weight excluding hydrogens is 238 g/mol. The maximum atomic E-state index is 11.6. The second-order valence-electron chi connectivity index (χ2n) is 2.28. The van der Waals surface area contributed by atoms with E-state index in [0.717, 1.165) is 0 Å². The maximum Gasteiger partial charge on any atom is 0.491 e. The first-order valence-corrected chi connectivity index (χ1v) is 3.17. The fourth-order valence-electron chi connectivity index (χ4n) is 0.403. The highest BCUT2D eigenvalue weighted by Crippen LogP contribution is 2.24. The highest BCUT2D eigenvalue weighted by molar-refractivity contribution is 5.75. The molecule has 15 heavy (non-hydrogen) atoms. The van der Waals surface area contributed by atoms with Crippen molar-refractivity contribution in [3.05, 3.63) is 0 Å². The zero-order valence-electron chi connectivity index (χ0n) is 6.63. The van der Waals surface area contributed by atoms with Gasteiger partial charge in [-0.25, -0.2) is 4.79 Å². The van der Waals surface area contributed by atoms with E-state index in [-0.39, 0.29) is 0 Å². The minimum atomic E-state index is -5.55. The number of carbonyl (C=O) groups excluding carboxylic acids is 1. The standard InChI is InChI=1S/C5H4F6O4/c6-4(7,8)1(12)2(13)15-3(14)5(9,10)11/h1-2,12-13H. The van der Waals surface area contributed by atoms with Crippen molar-refractivity contribution in [2.75, 3.05) is 0 Å². The molecule has 0 amide bonds. The van der Waals surface area contributed by atoms with Gasteiger partial charge in [0.2, 0.25) is 12.4 Å². The Labute approximate surface area is 78.1 Å². The Balaban J connectivity index is 4.39. The van der Waals surface area contributed by atoms with Gasteiger partial charge in [0.05, 0.1) is 0 Å². The largest absolute Gasteiger partial charge is 0.491 e. The number of carbonyl (C=O) groups is 1. The molecule has 0 aliphatic heterocycles. The van der Waals surface area contributed by atoms with Crippen LogP contribution < -0.4 is 0 Å². The van der Waals surface area contributed by atoms with Gasteiger partial charge in [-0.1, -0.05) is 0 Å². The van der Waals surface area contributed by atoms with Crippen LogP contribution in [-0.2, 0) is 9.53 Å². The first-order valence-electron chi connectivity index (χ1n) is 3.17. The summed E-state index contributed by atoms with van der Waals surface area (Å²) in [6.45, 7) is 0. The molecule has 2 atom stereocenters. The Morgan fingerprint density at radius 2 is 1.47 bits per heavy atom. The molecule has 0 heterocycles. The molecule has 0 fully saturated rings. The summed E-state index contributed by atoms with van der Waals surface area (Å²) >= 11 is 0. The summed E-state index contributed by atoms with van der Waals surface area (Å²) in [7, 11) is 0. The zero-order chi connectivity index (χ0) is 12.4. The van der Waals surface area contributed by atoms with E-state index in [1.807, 2.05) is 0 Å². The smallest absolute Gasteiger partial charge is 0.426 e. The SMILES string of the molecule is O=C(OC(O)C(O)C(F)(F)F)C(F)(F)F. The van der Waals surface area contributed by atoms with Crippen molar-refractivity contribution in [1.82, 2.24) is 0 Å². The van der Waals surface area contributed by atoms with Crippen LogP contribution in [0.3, 0.4) is 0 Å². The van der Waals surface area contributed by atoms with Crippen LogP contribution in [-0.4, -0.2) is 40.9 Å². The zero-order valence-corrected chi connectivity index (χ0v) is 6.63. The molecule has 0 radical (unpaired) electrons. The molecule has 0 aliphatic rings. The second kappa shape index (κ2) is 4.23. The Morgan fingerprint density at radius 3 is 1.73 bits per heavy atom. The van der Waals surface area contributed by atoms with E-state index in [0.29, 0.717) is 0 Å². The van der Waals surface area contributed by atoms with E-state index >= 15 is 0 Å². The van der Waals surface area contributed by atoms with Gasteiger partial charge in [0.15, 0.2) is 0 Å². The number of halogens is 6. The normalized spacial score (nSPS) is 17.1. The van der Waals surface area contributed by atoms with Crippen molar-refractivity contribution in [3.8, 4) is 0 Å². The number of alkyl halides is 6. The van der Waals surface area contributed by atoms with Gasteiger partial charge in [-0.2, -0.15) is 26.3 Å². The fraction of sp³-hybridized carbons (Fsp3) is 0.800. The summed E-state index contributed by atoms with van der Waals surface area (Å²) in [5.41, 5.74) is 0. The Morgan fingerprint density at radius 1 is 1.07 bits per heavy atom. The van der Waals surface area contributed by atoms with Crippen molar-refractivity contribution < 1.29 is 46.1 Å². The molecule has 90 valence electrons. The number of hydrogen-bond donors (Lipinski definition) is 2. The van der Waals surface area contributed by atoms with E-state index in [1.54, 1.807) is 0 Å². The molecule has 0 rings (SSSR count). The number of aliphatic hydroxyl groups is 2. The number of aliphatic hydroxyl groups excluding tert-OH is 2. The van der Waals surface area contributed by atoms with Gasteiger partial charge in [0.25, 0.3) is 0 Å². The second-order valence-corrected chi connectivity index (χ2v) is 2.28. The Bertz CT molecular complexity index is 233. The highest BCUT2D eigenvalue weighted by atomic mass is 19.4. The molecule has 10 heteroatoms. The van der Waals surface area contributed by atoms with Crippen molar-refractivity contribution in [2.24, 2.45) is 0 Å². The molecule has 2 N–H and O–H groups in total. The topological polar surface area (TPSA) is 66.8 Å². The summed E-state index contributed by atoms with van der Waals surface area (Å²) in [6, 6.07) is 0. The quantitative estimate of drug-likeness (QED) is 0.416. The molecule has 0 aliphatic carbocycles. The van der Waals surface area contributed by atoms with Crippen molar-refractivity contribution in [2.45, 2.75) is 24.7 Å². The lowest BCUT2D eigenvalue weighted by Crippen LogP contribution is -2.44. The van der Waals surface area contributed by atoms with Gasteiger partial charge in [-0.05, 0) is 0 Å². The highest BCUT2D eigenvalue weighted by Gasteiger charge is 2.49. The lowest BCUT2D eigenvalue weighted by molar-refractivity contribution is -0.282. The third-order valence-corrected chi connectivity index (χ3v) is 1.06. The molecule has 0 saturated heterocycles. The third-order valence-electron chi connectivity index (χ3n) is 1.06. The van der Waals surface area contributed by atoms with E-state index in [1.165, 1.54) is 0 Å². The predicted octanol–water partition coefficient (Wildman–Crippen LogP) is 0.333. The van der Waals surface area contributed by atoms with Crippen LogP contribution in [0.2, 0.25) is 0 Å². The van der Waals surface area contributed by atoms with Crippen LogP contribution in [0, 0.1) is 0 Å². The van der Waals surface area contributed by atoms with Crippen LogP contribution in [0.15, 0.2) is 0 Å². The Hall–Kier alpha value is -1.03. The monoisotopic (exact) mass is 242 g/mol. The third kappa shape index (κ3) is 4.34. The molecule has 2 unspecified atom stereocenters. The molecule has 0 bridgehead atoms. The number of rotatable bonds is 2. The lowest BCUT2D eigenvalue weighted by Gasteiger charge is -2.20. The fourth-order valence-corrected chi connectivity index (χ4v) is 0.403. The van der Waals surface area contributed by atoms with Gasteiger partial charge in [0.1, 0.15) is 0 Å². The molecule has 0 aromatic heterocycles. The van der Waals surface area contributed by atoms with Crippen molar-refractivity contribution in [1.29, 1.82) is 0 Å². The van der Waals surface area contributed by atoms with E-state index in [9.17, 15) is 31.1 Å². The summed E-state index contributed by atoms with van der Waals surface area (Å²) in [5, 5.41) is 16.4. The van der Waals surface area contributed by atoms with E-state index in [2.05, 4.69) is 4.74 Å². The van der Waals surface area contributed by atoms with Gasteiger partial charge < -0.3 is 14.9 Å². The first kappa shape index (κ1) is 14.0. The van der Waals surface area contributed by atoms with Gasteiger partial charge in [-0.15, -0.1) is 0 Å². The van der Waals surface area contributed by atoms with Gasteiger partial charge >= 0.3 is 18.3 Å². The molecule has 0 spiro atoms. The van der Waals surface area contributed by atoms with Crippen molar-refractivity contribution >= 4 is 5.97 Å². The molecule has 0 aromatic rings. The minimum absolute atomic E-state index is 2.92. The summed E-state index contributed by atoms with van der Waals surface area (Å²) in [5.74, 6) is -3.03. The van der Waals surface area contributed by atoms with E-state index < -0.39 is 30.7 Å². The summed E-state index contributed by atoms with van der Waals surface area (Å²) in [4.78, 5) is 9.92. The van der Waals surface area contributed by atoms with E-state index in [4.69, 9.17) is 10.2 Å². The van der Waals surface area contributed by atoms with Crippen LogP contribution in [0.25, 0.3) is 0 Å². The summed E-state index contributed by atoms with van der Waals surface area (Å²) in [6.07, 6.45) is -17.9. The Kier molecular flexibility index (Phi) is 3.94. The predicted molar refractivity (Wildman–Crippen MR) is 30.2 cm³/mol. The number of ether oxygens (including phenoxy) is 1. The van der Waals surface area contributed by atoms with Gasteiger partial charge in [-0.3, -0.25) is 0 Å². The molecule has 0 aromatic carbocycles. The minimum Gasteiger partial charge on any atom is -0.426 e. The van der Waals surface area contributed by atoms with Crippen LogP contribution in [0.1, 0.15) is 0 Å².